The maximum absolute atomic E-state index is 12.4. The van der Waals surface area contributed by atoms with E-state index in [4.69, 9.17) is 9.47 Å². The molecule has 2 heterocycles. The van der Waals surface area contributed by atoms with Gasteiger partial charge in [0.1, 0.15) is 6.10 Å². The number of aryl methyl sites for hydroxylation is 1. The number of hydrogen-bond acceptors (Lipinski definition) is 4. The summed E-state index contributed by atoms with van der Waals surface area (Å²) in [6, 6.07) is 11.3. The van der Waals surface area contributed by atoms with Gasteiger partial charge in [-0.25, -0.2) is 0 Å². The number of carbonyl (C=O) groups is 1. The first kappa shape index (κ1) is 16.3. The van der Waals surface area contributed by atoms with Crippen LogP contribution in [0.15, 0.2) is 47.4 Å². The molecule has 0 saturated carbocycles. The number of aromatic amines is 1. The first-order valence-electron chi connectivity index (χ1n) is 7.90. The van der Waals surface area contributed by atoms with Crippen LogP contribution in [-0.2, 0) is 9.53 Å². The van der Waals surface area contributed by atoms with Gasteiger partial charge in [0.05, 0.1) is 13.2 Å². The van der Waals surface area contributed by atoms with Crippen LogP contribution in [0.2, 0.25) is 0 Å². The lowest BCUT2D eigenvalue weighted by Crippen LogP contribution is -2.44. The molecule has 126 valence electrons. The number of benzene rings is 1. The summed E-state index contributed by atoms with van der Waals surface area (Å²) in [4.78, 5) is 28.8. The lowest BCUT2D eigenvalue weighted by Gasteiger charge is -2.33. The second-order valence-electron chi connectivity index (χ2n) is 5.74. The van der Waals surface area contributed by atoms with Crippen molar-refractivity contribution in [3.8, 4) is 5.75 Å². The van der Waals surface area contributed by atoms with E-state index in [2.05, 4.69) is 4.98 Å². The Morgan fingerprint density at radius 3 is 2.92 bits per heavy atom. The fraction of sp³-hybridized carbons (Fsp3) is 0.333. The van der Waals surface area contributed by atoms with E-state index in [0.717, 1.165) is 11.3 Å². The van der Waals surface area contributed by atoms with Gasteiger partial charge in [-0.3, -0.25) is 9.59 Å². The number of morpholine rings is 1. The Morgan fingerprint density at radius 2 is 2.17 bits per heavy atom. The van der Waals surface area contributed by atoms with Crippen molar-refractivity contribution in [3.05, 3.63) is 64.1 Å². The van der Waals surface area contributed by atoms with Gasteiger partial charge in [-0.1, -0.05) is 30.3 Å². The highest BCUT2D eigenvalue weighted by molar-refractivity contribution is 5.78. The highest BCUT2D eigenvalue weighted by atomic mass is 16.5. The number of pyridine rings is 1. The van der Waals surface area contributed by atoms with Crippen LogP contribution in [0.5, 0.6) is 5.75 Å². The van der Waals surface area contributed by atoms with Crippen LogP contribution < -0.4 is 10.2 Å². The topological polar surface area (TPSA) is 71.6 Å². The zero-order valence-corrected chi connectivity index (χ0v) is 13.5. The molecule has 1 aliphatic rings. The molecule has 2 aromatic rings. The van der Waals surface area contributed by atoms with Gasteiger partial charge in [-0.15, -0.1) is 0 Å². The van der Waals surface area contributed by atoms with E-state index >= 15 is 0 Å². The number of nitrogens with one attached hydrogen (secondary N) is 1. The van der Waals surface area contributed by atoms with E-state index in [-0.39, 0.29) is 29.8 Å². The van der Waals surface area contributed by atoms with Gasteiger partial charge in [-0.05, 0) is 12.5 Å². The average Bonchev–Trinajstić information content (AvgIpc) is 2.61. The molecule has 6 heteroatoms. The Hall–Kier alpha value is -2.60. The molecular weight excluding hydrogens is 308 g/mol. The van der Waals surface area contributed by atoms with Crippen LogP contribution >= 0.6 is 0 Å². The van der Waals surface area contributed by atoms with E-state index in [1.54, 1.807) is 11.8 Å². The molecular formula is C18H20N2O4. The maximum Gasteiger partial charge on any atom is 0.260 e. The number of nitrogens with zero attached hydrogens (tertiary/aromatic N) is 1. The average molecular weight is 328 g/mol. The molecule has 0 aliphatic carbocycles. The molecule has 1 amide bonds. The van der Waals surface area contributed by atoms with Crippen molar-refractivity contribution in [1.29, 1.82) is 0 Å². The first-order valence-corrected chi connectivity index (χ1v) is 7.90. The summed E-state index contributed by atoms with van der Waals surface area (Å²) in [7, 11) is 0. The fourth-order valence-electron chi connectivity index (χ4n) is 2.65. The highest BCUT2D eigenvalue weighted by Gasteiger charge is 2.25. The molecule has 3 rings (SSSR count). The van der Waals surface area contributed by atoms with Crippen molar-refractivity contribution in [1.82, 2.24) is 9.88 Å². The first-order chi connectivity index (χ1) is 11.6. The molecule has 1 aliphatic heterocycles. The molecule has 1 aromatic carbocycles. The molecule has 0 radical (unpaired) electrons. The van der Waals surface area contributed by atoms with Crippen molar-refractivity contribution in [2.75, 3.05) is 26.3 Å². The predicted octanol–water partition coefficient (Wildman–Crippen LogP) is 1.66. The van der Waals surface area contributed by atoms with Gasteiger partial charge in [-0.2, -0.15) is 0 Å². The third-order valence-electron chi connectivity index (χ3n) is 3.96. The second-order valence-corrected chi connectivity index (χ2v) is 5.74. The third-order valence-corrected chi connectivity index (χ3v) is 3.96. The monoisotopic (exact) mass is 328 g/mol. The largest absolute Gasteiger partial charge is 0.478 e. The Labute approximate surface area is 140 Å². The lowest BCUT2D eigenvalue weighted by atomic mass is 10.1. The standard InChI is InChI=1S/C18H20N2O4/c1-13-9-15(21)16(10-19-13)24-12-18(22)20-7-8-23-17(11-20)14-5-3-2-4-6-14/h2-6,9-10,17H,7-8,11-12H2,1H3,(H,19,21)/t17-/m0/s1. The normalized spacial score (nSPS) is 17.5. The van der Waals surface area contributed by atoms with E-state index in [1.807, 2.05) is 30.3 Å². The van der Waals surface area contributed by atoms with Gasteiger partial charge in [0.15, 0.2) is 12.4 Å². The number of H-pyrrole nitrogens is 1. The molecule has 1 atom stereocenters. The summed E-state index contributed by atoms with van der Waals surface area (Å²) >= 11 is 0. The number of ether oxygens (including phenoxy) is 2. The summed E-state index contributed by atoms with van der Waals surface area (Å²) in [5.41, 5.74) is 1.56. The van der Waals surface area contributed by atoms with Crippen LogP contribution in [0.4, 0.5) is 0 Å². The van der Waals surface area contributed by atoms with E-state index in [1.165, 1.54) is 12.3 Å². The zero-order chi connectivity index (χ0) is 16.9. The van der Waals surface area contributed by atoms with Crippen LogP contribution in [0.1, 0.15) is 17.4 Å². The molecule has 6 nitrogen and oxygen atoms in total. The summed E-state index contributed by atoms with van der Waals surface area (Å²) in [6.45, 7) is 3.12. The SMILES string of the molecule is Cc1cc(=O)c(OCC(=O)N2CCO[C@H](c3ccccc3)C2)c[nH]1. The molecule has 1 fully saturated rings. The van der Waals surface area contributed by atoms with Crippen LogP contribution in [0, 0.1) is 6.92 Å². The summed E-state index contributed by atoms with van der Waals surface area (Å²) < 4.78 is 11.1. The van der Waals surface area contributed by atoms with Crippen LogP contribution in [-0.4, -0.2) is 42.1 Å². The molecule has 0 spiro atoms. The Kier molecular flexibility index (Phi) is 4.96. The lowest BCUT2D eigenvalue weighted by molar-refractivity contribution is -0.141. The predicted molar refractivity (Wildman–Crippen MR) is 89.0 cm³/mol. The molecule has 0 unspecified atom stereocenters. The minimum absolute atomic E-state index is 0.133. The van der Waals surface area contributed by atoms with Crippen molar-refractivity contribution in [3.63, 3.8) is 0 Å². The molecule has 24 heavy (non-hydrogen) atoms. The molecule has 1 aromatic heterocycles. The fourth-order valence-corrected chi connectivity index (χ4v) is 2.65. The summed E-state index contributed by atoms with van der Waals surface area (Å²) in [6.07, 6.45) is 1.35. The minimum Gasteiger partial charge on any atom is -0.478 e. The number of amides is 1. The Bertz CT molecular complexity index is 757. The molecule has 1 N–H and O–H groups in total. The highest BCUT2D eigenvalue weighted by Crippen LogP contribution is 2.21. The summed E-state index contributed by atoms with van der Waals surface area (Å²) in [5, 5.41) is 0. The van der Waals surface area contributed by atoms with Gasteiger partial charge in [0.25, 0.3) is 5.91 Å². The van der Waals surface area contributed by atoms with E-state index < -0.39 is 0 Å². The molecule has 0 bridgehead atoms. The Balaban J connectivity index is 1.59. The van der Waals surface area contributed by atoms with Gasteiger partial charge >= 0.3 is 0 Å². The summed E-state index contributed by atoms with van der Waals surface area (Å²) in [5.74, 6) is 0.000949. The number of carbonyl (C=O) groups excluding carboxylic acids is 1. The van der Waals surface area contributed by atoms with Crippen LogP contribution in [0.25, 0.3) is 0 Å². The zero-order valence-electron chi connectivity index (χ0n) is 13.5. The van der Waals surface area contributed by atoms with Gasteiger partial charge < -0.3 is 19.4 Å². The quantitative estimate of drug-likeness (QED) is 0.926. The minimum atomic E-state index is -0.233. The van der Waals surface area contributed by atoms with Crippen molar-refractivity contribution < 1.29 is 14.3 Å². The third kappa shape index (κ3) is 3.83. The number of rotatable bonds is 4. The van der Waals surface area contributed by atoms with Crippen molar-refractivity contribution >= 4 is 5.91 Å². The van der Waals surface area contributed by atoms with Gasteiger partial charge in [0, 0.05) is 24.5 Å². The number of hydrogen-bond donors (Lipinski definition) is 1. The Morgan fingerprint density at radius 1 is 1.38 bits per heavy atom. The van der Waals surface area contributed by atoms with E-state index in [9.17, 15) is 9.59 Å². The maximum atomic E-state index is 12.4. The van der Waals surface area contributed by atoms with Crippen molar-refractivity contribution in [2.24, 2.45) is 0 Å². The van der Waals surface area contributed by atoms with Gasteiger partial charge in [0.2, 0.25) is 5.43 Å². The van der Waals surface area contributed by atoms with Crippen LogP contribution in [0.3, 0.4) is 0 Å². The van der Waals surface area contributed by atoms with E-state index in [0.29, 0.717) is 19.7 Å². The second kappa shape index (κ2) is 7.31. The molecule has 1 saturated heterocycles. The van der Waals surface area contributed by atoms with Crippen molar-refractivity contribution in [2.45, 2.75) is 13.0 Å². The number of aromatic nitrogens is 1. The smallest absolute Gasteiger partial charge is 0.260 e.